The van der Waals surface area contributed by atoms with Gasteiger partial charge in [0.1, 0.15) is 0 Å². The van der Waals surface area contributed by atoms with E-state index in [9.17, 15) is 5.11 Å². The number of aliphatic hydroxyl groups is 1. The highest BCUT2D eigenvalue weighted by Crippen LogP contribution is 2.45. The standard InChI is InChI=1S/C20H31NO3/c1-13(2)7-15-11-21-6-5-14-9-19(23-3)20(24-4)10-17(14)18(21)8-16(15)12-22/h9-10,13,15-16,18,22H,5-8,11-12H2,1-4H3/t15?,16-,18?/m0/s1. The minimum absolute atomic E-state index is 0.296. The SMILES string of the molecule is COc1cc2c(cc1OC)C1C[C@@H](CO)C(CC(C)C)CN1CC2. The van der Waals surface area contributed by atoms with Crippen LogP contribution in [0.25, 0.3) is 0 Å². The van der Waals surface area contributed by atoms with Gasteiger partial charge in [0, 0.05) is 25.7 Å². The maximum atomic E-state index is 9.93. The molecule has 2 unspecified atom stereocenters. The summed E-state index contributed by atoms with van der Waals surface area (Å²) in [6.45, 7) is 7.05. The molecule has 0 radical (unpaired) electrons. The second-order valence-corrected chi connectivity index (χ2v) is 7.73. The molecular weight excluding hydrogens is 302 g/mol. The van der Waals surface area contributed by atoms with Gasteiger partial charge in [-0.25, -0.2) is 0 Å². The lowest BCUT2D eigenvalue weighted by Crippen LogP contribution is -2.47. The lowest BCUT2D eigenvalue weighted by Gasteiger charge is -2.47. The Labute approximate surface area is 145 Å². The molecule has 0 aliphatic carbocycles. The van der Waals surface area contributed by atoms with Crippen molar-refractivity contribution >= 4 is 0 Å². The molecule has 4 heteroatoms. The molecule has 1 N–H and O–H groups in total. The first kappa shape index (κ1) is 17.6. The molecule has 2 heterocycles. The predicted octanol–water partition coefficient (Wildman–Crippen LogP) is 3.28. The van der Waals surface area contributed by atoms with E-state index in [-0.39, 0.29) is 0 Å². The van der Waals surface area contributed by atoms with Crippen molar-refractivity contribution in [2.45, 2.75) is 39.2 Å². The minimum atomic E-state index is 0.296. The average molecular weight is 333 g/mol. The van der Waals surface area contributed by atoms with Crippen LogP contribution in [0.4, 0.5) is 0 Å². The van der Waals surface area contributed by atoms with Crippen molar-refractivity contribution in [2.24, 2.45) is 17.8 Å². The molecule has 2 aliphatic heterocycles. The molecule has 3 atom stereocenters. The van der Waals surface area contributed by atoms with Gasteiger partial charge in [-0.05, 0) is 60.3 Å². The third-order valence-electron chi connectivity index (χ3n) is 5.78. The summed E-state index contributed by atoms with van der Waals surface area (Å²) in [6, 6.07) is 4.69. The van der Waals surface area contributed by atoms with Gasteiger partial charge in [0.2, 0.25) is 0 Å². The molecule has 0 aromatic heterocycles. The van der Waals surface area contributed by atoms with Crippen LogP contribution in [0.3, 0.4) is 0 Å². The summed E-state index contributed by atoms with van der Waals surface area (Å²) in [5, 5.41) is 9.93. The van der Waals surface area contributed by atoms with E-state index in [1.54, 1.807) is 14.2 Å². The molecule has 1 fully saturated rings. The van der Waals surface area contributed by atoms with Crippen molar-refractivity contribution in [1.29, 1.82) is 0 Å². The van der Waals surface area contributed by atoms with Gasteiger partial charge < -0.3 is 14.6 Å². The molecule has 1 aromatic rings. The Bertz CT molecular complexity index is 572. The third kappa shape index (κ3) is 3.27. The maximum Gasteiger partial charge on any atom is 0.161 e. The van der Waals surface area contributed by atoms with Crippen LogP contribution in [0.15, 0.2) is 12.1 Å². The number of benzene rings is 1. The van der Waals surface area contributed by atoms with E-state index < -0.39 is 0 Å². The first-order chi connectivity index (χ1) is 11.6. The quantitative estimate of drug-likeness (QED) is 0.898. The Morgan fingerprint density at radius 1 is 1.17 bits per heavy atom. The minimum Gasteiger partial charge on any atom is -0.493 e. The number of aliphatic hydroxyl groups excluding tert-OH is 1. The van der Waals surface area contributed by atoms with Crippen LogP contribution in [0.2, 0.25) is 0 Å². The Hall–Kier alpha value is -1.26. The number of nitrogens with zero attached hydrogens (tertiary/aromatic N) is 1. The molecule has 24 heavy (non-hydrogen) atoms. The maximum absolute atomic E-state index is 9.93. The number of piperidine rings is 1. The Morgan fingerprint density at radius 2 is 1.88 bits per heavy atom. The summed E-state index contributed by atoms with van der Waals surface area (Å²) in [4.78, 5) is 2.62. The number of hydrogen-bond acceptors (Lipinski definition) is 4. The van der Waals surface area contributed by atoms with Gasteiger partial charge >= 0.3 is 0 Å². The molecule has 0 saturated carbocycles. The molecule has 1 aromatic carbocycles. The van der Waals surface area contributed by atoms with E-state index in [0.29, 0.717) is 30.4 Å². The van der Waals surface area contributed by atoms with E-state index in [1.165, 1.54) is 17.5 Å². The van der Waals surface area contributed by atoms with Gasteiger partial charge in [-0.3, -0.25) is 4.90 Å². The Balaban J connectivity index is 1.89. The molecule has 0 bridgehead atoms. The van der Waals surface area contributed by atoms with Gasteiger partial charge in [-0.1, -0.05) is 13.8 Å². The lowest BCUT2D eigenvalue weighted by atomic mass is 9.74. The van der Waals surface area contributed by atoms with E-state index in [4.69, 9.17) is 9.47 Å². The van der Waals surface area contributed by atoms with Crippen LogP contribution in [0.1, 0.15) is 43.9 Å². The van der Waals surface area contributed by atoms with E-state index >= 15 is 0 Å². The highest BCUT2D eigenvalue weighted by molar-refractivity contribution is 5.49. The topological polar surface area (TPSA) is 41.9 Å². The van der Waals surface area contributed by atoms with Gasteiger partial charge in [0.15, 0.2) is 11.5 Å². The predicted molar refractivity (Wildman–Crippen MR) is 95.7 cm³/mol. The van der Waals surface area contributed by atoms with E-state index in [0.717, 1.165) is 37.4 Å². The van der Waals surface area contributed by atoms with Crippen LogP contribution in [-0.2, 0) is 6.42 Å². The van der Waals surface area contributed by atoms with Crippen molar-refractivity contribution in [3.05, 3.63) is 23.3 Å². The smallest absolute Gasteiger partial charge is 0.161 e. The van der Waals surface area contributed by atoms with Crippen molar-refractivity contribution in [3.63, 3.8) is 0 Å². The fourth-order valence-electron chi connectivity index (χ4n) is 4.60. The summed E-state index contributed by atoms with van der Waals surface area (Å²) in [5.74, 6) is 3.31. The van der Waals surface area contributed by atoms with Crippen LogP contribution >= 0.6 is 0 Å². The summed E-state index contributed by atoms with van der Waals surface area (Å²) in [6.07, 6.45) is 3.30. The molecular formula is C20H31NO3. The second kappa shape index (κ2) is 7.32. The first-order valence-electron chi connectivity index (χ1n) is 9.17. The number of hydrogen-bond donors (Lipinski definition) is 1. The normalized spacial score (nSPS) is 26.8. The second-order valence-electron chi connectivity index (χ2n) is 7.73. The van der Waals surface area contributed by atoms with Gasteiger partial charge in [-0.15, -0.1) is 0 Å². The fraction of sp³-hybridized carbons (Fsp3) is 0.700. The molecule has 1 saturated heterocycles. The molecule has 4 nitrogen and oxygen atoms in total. The van der Waals surface area contributed by atoms with E-state index in [2.05, 4.69) is 30.9 Å². The highest BCUT2D eigenvalue weighted by atomic mass is 16.5. The summed E-state index contributed by atoms with van der Waals surface area (Å²) < 4.78 is 11.0. The van der Waals surface area contributed by atoms with Crippen molar-refractivity contribution in [3.8, 4) is 11.5 Å². The number of rotatable bonds is 5. The number of methoxy groups -OCH3 is 2. The zero-order valence-corrected chi connectivity index (χ0v) is 15.4. The zero-order valence-electron chi connectivity index (χ0n) is 15.4. The monoisotopic (exact) mass is 333 g/mol. The highest BCUT2D eigenvalue weighted by Gasteiger charge is 2.39. The van der Waals surface area contributed by atoms with Gasteiger partial charge in [0.25, 0.3) is 0 Å². The van der Waals surface area contributed by atoms with Crippen LogP contribution < -0.4 is 9.47 Å². The molecule has 0 amide bonds. The number of ether oxygens (including phenoxy) is 2. The summed E-state index contributed by atoms with van der Waals surface area (Å²) in [7, 11) is 3.39. The molecule has 134 valence electrons. The van der Waals surface area contributed by atoms with Crippen molar-refractivity contribution < 1.29 is 14.6 Å². The molecule has 3 rings (SSSR count). The van der Waals surface area contributed by atoms with Crippen LogP contribution in [0, 0.1) is 17.8 Å². The summed E-state index contributed by atoms with van der Waals surface area (Å²) in [5.41, 5.74) is 2.73. The van der Waals surface area contributed by atoms with Crippen LogP contribution in [-0.4, -0.2) is 43.9 Å². The molecule has 2 aliphatic rings. The Morgan fingerprint density at radius 3 is 2.50 bits per heavy atom. The number of fused-ring (bicyclic) bond motifs is 3. The lowest BCUT2D eigenvalue weighted by molar-refractivity contribution is 0.0187. The fourth-order valence-corrected chi connectivity index (χ4v) is 4.60. The van der Waals surface area contributed by atoms with E-state index in [1.807, 2.05) is 0 Å². The van der Waals surface area contributed by atoms with Crippen molar-refractivity contribution in [2.75, 3.05) is 33.9 Å². The van der Waals surface area contributed by atoms with Gasteiger partial charge in [0.05, 0.1) is 14.2 Å². The van der Waals surface area contributed by atoms with Crippen molar-refractivity contribution in [1.82, 2.24) is 4.90 Å². The first-order valence-corrected chi connectivity index (χ1v) is 9.17. The Kier molecular flexibility index (Phi) is 5.36. The summed E-state index contributed by atoms with van der Waals surface area (Å²) >= 11 is 0. The third-order valence-corrected chi connectivity index (χ3v) is 5.78. The van der Waals surface area contributed by atoms with Crippen LogP contribution in [0.5, 0.6) is 11.5 Å². The average Bonchev–Trinajstić information content (AvgIpc) is 2.59. The van der Waals surface area contributed by atoms with Gasteiger partial charge in [-0.2, -0.15) is 0 Å². The zero-order chi connectivity index (χ0) is 17.3. The largest absolute Gasteiger partial charge is 0.493 e. The molecule has 0 spiro atoms.